The Morgan fingerprint density at radius 3 is 2.79 bits per heavy atom. The van der Waals surface area contributed by atoms with Crippen LogP contribution in [0.4, 0.5) is 5.82 Å². The standard InChI is InChI=1S/C16H21N9O2S/c1-4-24(5-2)9-11-13(25(23-19-11)15-14(17)21-27-22-15)16(26)20-18-10(3)12-7-6-8-28-12/h6-8H,4-5,9H2,1-3H3,(H2,17,21)(H,20,26)/b18-10+. The number of nitrogens with two attached hydrogens (primary N) is 1. The van der Waals surface area contributed by atoms with Crippen LogP contribution < -0.4 is 11.2 Å². The van der Waals surface area contributed by atoms with Gasteiger partial charge in [-0.25, -0.2) is 10.1 Å². The van der Waals surface area contributed by atoms with Gasteiger partial charge in [0.05, 0.1) is 5.71 Å². The van der Waals surface area contributed by atoms with E-state index in [9.17, 15) is 4.79 Å². The van der Waals surface area contributed by atoms with Crippen molar-refractivity contribution in [3.05, 3.63) is 33.8 Å². The maximum atomic E-state index is 12.9. The number of nitrogens with one attached hydrogen (secondary N) is 1. The lowest BCUT2D eigenvalue weighted by Crippen LogP contribution is -2.27. The summed E-state index contributed by atoms with van der Waals surface area (Å²) in [5, 5.41) is 21.6. The van der Waals surface area contributed by atoms with Gasteiger partial charge in [-0.3, -0.25) is 9.69 Å². The number of nitrogen functional groups attached to an aromatic ring is 1. The molecule has 1 amide bonds. The van der Waals surface area contributed by atoms with Crippen molar-refractivity contribution in [2.45, 2.75) is 27.3 Å². The number of rotatable bonds is 8. The summed E-state index contributed by atoms with van der Waals surface area (Å²) >= 11 is 1.53. The molecule has 0 saturated carbocycles. The number of carbonyl (C=O) groups excluding carboxylic acids is 1. The Kier molecular flexibility index (Phi) is 6.11. The molecule has 148 valence electrons. The first-order valence-corrected chi connectivity index (χ1v) is 9.56. The number of hydrogen-bond donors (Lipinski definition) is 2. The van der Waals surface area contributed by atoms with Crippen molar-refractivity contribution >= 4 is 28.8 Å². The molecule has 0 unspecified atom stereocenters. The Balaban J connectivity index is 1.94. The molecule has 0 bridgehead atoms. The van der Waals surface area contributed by atoms with Crippen LogP contribution in [0.5, 0.6) is 0 Å². The molecule has 0 atom stereocenters. The van der Waals surface area contributed by atoms with E-state index >= 15 is 0 Å². The summed E-state index contributed by atoms with van der Waals surface area (Å²) in [6, 6.07) is 3.84. The molecular weight excluding hydrogens is 382 g/mol. The largest absolute Gasteiger partial charge is 0.378 e. The fourth-order valence-electron chi connectivity index (χ4n) is 2.52. The number of thiophene rings is 1. The van der Waals surface area contributed by atoms with Gasteiger partial charge in [-0.15, -0.1) is 16.4 Å². The average molecular weight is 403 g/mol. The van der Waals surface area contributed by atoms with Crippen molar-refractivity contribution < 1.29 is 9.42 Å². The Bertz CT molecular complexity index is 957. The van der Waals surface area contributed by atoms with Gasteiger partial charge in [-0.05, 0) is 41.8 Å². The third kappa shape index (κ3) is 4.07. The Labute approximate surface area is 165 Å². The molecule has 3 aromatic heterocycles. The normalized spacial score (nSPS) is 11.9. The van der Waals surface area contributed by atoms with E-state index in [-0.39, 0.29) is 17.3 Å². The highest BCUT2D eigenvalue weighted by atomic mass is 32.1. The molecule has 0 radical (unpaired) electrons. The Morgan fingerprint density at radius 1 is 1.39 bits per heavy atom. The predicted octanol–water partition coefficient (Wildman–Crippen LogP) is 1.29. The Hall–Kier alpha value is -3.12. The zero-order chi connectivity index (χ0) is 20.1. The van der Waals surface area contributed by atoms with Gasteiger partial charge in [0.25, 0.3) is 5.91 Å². The molecule has 3 rings (SSSR count). The van der Waals surface area contributed by atoms with Crippen LogP contribution in [0.3, 0.4) is 0 Å². The summed E-state index contributed by atoms with van der Waals surface area (Å²) in [5.74, 6) is -0.375. The van der Waals surface area contributed by atoms with Crippen LogP contribution >= 0.6 is 11.3 Å². The first-order valence-electron chi connectivity index (χ1n) is 8.68. The molecule has 0 aliphatic rings. The van der Waals surface area contributed by atoms with Crippen molar-refractivity contribution in [3.8, 4) is 5.82 Å². The first-order chi connectivity index (χ1) is 13.5. The van der Waals surface area contributed by atoms with Crippen molar-refractivity contribution in [1.82, 2.24) is 35.6 Å². The molecule has 0 aliphatic carbocycles. The van der Waals surface area contributed by atoms with Crippen molar-refractivity contribution in [2.75, 3.05) is 18.8 Å². The van der Waals surface area contributed by atoms with Gasteiger partial charge in [0.15, 0.2) is 5.69 Å². The van der Waals surface area contributed by atoms with E-state index in [1.54, 1.807) is 0 Å². The number of anilines is 1. The fourth-order valence-corrected chi connectivity index (χ4v) is 3.20. The quantitative estimate of drug-likeness (QED) is 0.423. The number of hydrogen-bond acceptors (Lipinski definition) is 10. The SMILES string of the molecule is CCN(CC)Cc1nnn(-c2nonc2N)c1C(=O)N/N=C(\C)c1cccs1. The second-order valence-electron chi connectivity index (χ2n) is 5.85. The molecule has 0 aliphatic heterocycles. The van der Waals surface area contributed by atoms with Gasteiger partial charge >= 0.3 is 0 Å². The number of hydrazone groups is 1. The van der Waals surface area contributed by atoms with Gasteiger partial charge < -0.3 is 5.73 Å². The molecule has 0 saturated heterocycles. The molecule has 0 aromatic carbocycles. The maximum Gasteiger partial charge on any atom is 0.292 e. The molecular formula is C16H21N9O2S. The summed E-state index contributed by atoms with van der Waals surface area (Å²) in [5.41, 5.74) is 9.68. The van der Waals surface area contributed by atoms with Crippen LogP contribution in [0.15, 0.2) is 27.2 Å². The average Bonchev–Trinajstić information content (AvgIpc) is 3.44. The smallest absolute Gasteiger partial charge is 0.292 e. The van der Waals surface area contributed by atoms with Crippen molar-refractivity contribution in [1.29, 1.82) is 0 Å². The van der Waals surface area contributed by atoms with Gasteiger partial charge in [0, 0.05) is 11.4 Å². The van der Waals surface area contributed by atoms with Crippen LogP contribution in [0.1, 0.15) is 41.8 Å². The van der Waals surface area contributed by atoms with E-state index in [0.29, 0.717) is 18.0 Å². The summed E-state index contributed by atoms with van der Waals surface area (Å²) in [6.07, 6.45) is 0. The second-order valence-corrected chi connectivity index (χ2v) is 6.79. The lowest BCUT2D eigenvalue weighted by Gasteiger charge is -2.16. The van der Waals surface area contributed by atoms with Crippen molar-refractivity contribution in [3.63, 3.8) is 0 Å². The second kappa shape index (κ2) is 8.71. The summed E-state index contributed by atoms with van der Waals surface area (Å²) in [4.78, 5) is 16.0. The fraction of sp³-hybridized carbons (Fsp3) is 0.375. The highest BCUT2D eigenvalue weighted by molar-refractivity contribution is 7.12. The van der Waals surface area contributed by atoms with E-state index in [1.807, 2.05) is 38.3 Å². The van der Waals surface area contributed by atoms with Crippen molar-refractivity contribution in [2.24, 2.45) is 5.10 Å². The highest BCUT2D eigenvalue weighted by Gasteiger charge is 2.25. The van der Waals surface area contributed by atoms with Crippen LogP contribution in [-0.4, -0.2) is 54.9 Å². The molecule has 12 heteroatoms. The molecule has 3 N–H and O–H groups in total. The minimum atomic E-state index is -0.481. The first kappa shape index (κ1) is 19.6. The van der Waals surface area contributed by atoms with E-state index in [1.165, 1.54) is 16.0 Å². The zero-order valence-corrected chi connectivity index (χ0v) is 16.6. The molecule has 11 nitrogen and oxygen atoms in total. The molecule has 3 heterocycles. The van der Waals surface area contributed by atoms with Gasteiger partial charge in [0.1, 0.15) is 5.69 Å². The summed E-state index contributed by atoms with van der Waals surface area (Å²) < 4.78 is 5.85. The van der Waals surface area contributed by atoms with Gasteiger partial charge in [0.2, 0.25) is 11.6 Å². The summed E-state index contributed by atoms with van der Waals surface area (Å²) in [7, 11) is 0. The molecule has 0 fully saturated rings. The van der Waals surface area contributed by atoms with E-state index in [4.69, 9.17) is 5.73 Å². The van der Waals surface area contributed by atoms with Gasteiger partial charge in [-0.1, -0.05) is 25.1 Å². The monoisotopic (exact) mass is 403 g/mol. The third-order valence-electron chi connectivity index (χ3n) is 4.12. The lowest BCUT2D eigenvalue weighted by atomic mass is 10.2. The number of amides is 1. The number of nitrogens with zero attached hydrogens (tertiary/aromatic N) is 7. The lowest BCUT2D eigenvalue weighted by molar-refractivity contribution is 0.0944. The minimum Gasteiger partial charge on any atom is -0.378 e. The Morgan fingerprint density at radius 2 is 2.18 bits per heavy atom. The van der Waals surface area contributed by atoms with Crippen LogP contribution in [0, 0.1) is 0 Å². The predicted molar refractivity (Wildman–Crippen MR) is 104 cm³/mol. The third-order valence-corrected chi connectivity index (χ3v) is 5.10. The van der Waals surface area contributed by atoms with E-state index in [2.05, 4.69) is 40.7 Å². The molecule has 0 spiro atoms. The molecule has 28 heavy (non-hydrogen) atoms. The minimum absolute atomic E-state index is 0.00612. The zero-order valence-electron chi connectivity index (χ0n) is 15.8. The van der Waals surface area contributed by atoms with Crippen LogP contribution in [0.25, 0.3) is 5.82 Å². The number of aromatic nitrogens is 5. The van der Waals surface area contributed by atoms with Crippen LogP contribution in [0.2, 0.25) is 0 Å². The highest BCUT2D eigenvalue weighted by Crippen LogP contribution is 2.17. The topological polar surface area (TPSA) is 140 Å². The maximum absolute atomic E-state index is 12.9. The van der Waals surface area contributed by atoms with E-state index in [0.717, 1.165) is 18.0 Å². The van der Waals surface area contributed by atoms with E-state index < -0.39 is 5.91 Å². The van der Waals surface area contributed by atoms with Crippen LogP contribution in [-0.2, 0) is 6.54 Å². The number of carbonyl (C=O) groups is 1. The molecule has 3 aromatic rings. The van der Waals surface area contributed by atoms with Gasteiger partial charge in [-0.2, -0.15) is 9.78 Å². The summed E-state index contributed by atoms with van der Waals surface area (Å²) in [6.45, 7) is 7.91.